The van der Waals surface area contributed by atoms with Crippen molar-refractivity contribution in [3.05, 3.63) is 48.0 Å². The van der Waals surface area contributed by atoms with E-state index in [1.54, 1.807) is 48.7 Å². The van der Waals surface area contributed by atoms with Gasteiger partial charge in [-0.05, 0) is 17.7 Å². The first-order valence-electron chi connectivity index (χ1n) is 5.63. The molecule has 0 aliphatic heterocycles. The first kappa shape index (κ1) is 13.3. The van der Waals surface area contributed by atoms with Crippen LogP contribution in [0.25, 0.3) is 11.1 Å². The number of carbonyl (C=O) groups excluding carboxylic acids is 1. The highest BCUT2D eigenvalue weighted by Crippen LogP contribution is 2.32. The summed E-state index contributed by atoms with van der Waals surface area (Å²) in [5.74, 6) is -0.516. The molecule has 2 aromatic rings. The first-order chi connectivity index (χ1) is 9.02. The Kier molecular flexibility index (Phi) is 3.66. The number of nitrogen functional groups attached to an aromatic ring is 1. The van der Waals surface area contributed by atoms with Crippen molar-refractivity contribution in [1.82, 2.24) is 0 Å². The summed E-state index contributed by atoms with van der Waals surface area (Å²) in [4.78, 5) is 12.0. The summed E-state index contributed by atoms with van der Waals surface area (Å²) in [5, 5.41) is 0. The summed E-state index contributed by atoms with van der Waals surface area (Å²) < 4.78 is 11.6. The van der Waals surface area contributed by atoms with E-state index < -0.39 is 16.7 Å². The van der Waals surface area contributed by atoms with Crippen molar-refractivity contribution in [3.8, 4) is 11.1 Å². The van der Waals surface area contributed by atoms with Crippen molar-refractivity contribution in [2.24, 2.45) is 5.73 Å². The molecule has 1 atom stereocenters. The van der Waals surface area contributed by atoms with E-state index in [2.05, 4.69) is 0 Å². The van der Waals surface area contributed by atoms with Gasteiger partial charge in [0.1, 0.15) is 0 Å². The number of hydrogen-bond donors (Lipinski definition) is 2. The lowest BCUT2D eigenvalue weighted by atomic mass is 9.98. The zero-order chi connectivity index (χ0) is 14.0. The molecule has 19 heavy (non-hydrogen) atoms. The first-order valence-corrected chi connectivity index (χ1v) is 7.19. The van der Waals surface area contributed by atoms with Crippen LogP contribution in [0.2, 0.25) is 0 Å². The molecule has 0 saturated carbocycles. The van der Waals surface area contributed by atoms with Gasteiger partial charge in [0.2, 0.25) is 5.91 Å². The highest BCUT2D eigenvalue weighted by atomic mass is 32.2. The van der Waals surface area contributed by atoms with Crippen LogP contribution in [0.1, 0.15) is 10.4 Å². The van der Waals surface area contributed by atoms with Gasteiger partial charge in [-0.3, -0.25) is 9.00 Å². The Bertz CT molecular complexity index is 668. The van der Waals surface area contributed by atoms with E-state index in [0.29, 0.717) is 27.3 Å². The topological polar surface area (TPSA) is 86.2 Å². The maximum Gasteiger partial charge on any atom is 0.249 e. The molecule has 0 saturated heterocycles. The van der Waals surface area contributed by atoms with Gasteiger partial charge in [0.05, 0.1) is 21.4 Å². The van der Waals surface area contributed by atoms with Gasteiger partial charge < -0.3 is 11.5 Å². The SMILES string of the molecule is CS(=O)c1cccc(-c2ccccc2C(N)=O)c1N. The molecule has 0 aromatic heterocycles. The van der Waals surface area contributed by atoms with Crippen LogP contribution in [0.5, 0.6) is 0 Å². The van der Waals surface area contributed by atoms with Gasteiger partial charge in [-0.15, -0.1) is 0 Å². The Morgan fingerprint density at radius 2 is 1.68 bits per heavy atom. The lowest BCUT2D eigenvalue weighted by molar-refractivity contribution is 0.100. The fourth-order valence-electron chi connectivity index (χ4n) is 1.96. The van der Waals surface area contributed by atoms with Gasteiger partial charge in [-0.25, -0.2) is 0 Å². The largest absolute Gasteiger partial charge is 0.397 e. The van der Waals surface area contributed by atoms with E-state index in [1.165, 1.54) is 0 Å². The van der Waals surface area contributed by atoms with Crippen LogP contribution in [-0.4, -0.2) is 16.4 Å². The van der Waals surface area contributed by atoms with Gasteiger partial charge in [0.15, 0.2) is 0 Å². The molecule has 98 valence electrons. The molecule has 0 radical (unpaired) electrons. The highest BCUT2D eigenvalue weighted by molar-refractivity contribution is 7.84. The van der Waals surface area contributed by atoms with Crippen molar-refractivity contribution >= 4 is 22.4 Å². The summed E-state index contributed by atoms with van der Waals surface area (Å²) in [6, 6.07) is 12.2. The van der Waals surface area contributed by atoms with Crippen molar-refractivity contribution < 1.29 is 9.00 Å². The maximum absolute atomic E-state index is 11.6. The molecule has 0 heterocycles. The molecule has 1 amide bonds. The standard InChI is InChI=1S/C14H14N2O2S/c1-19(18)12-8-4-7-10(13(12)15)9-5-2-3-6-11(9)14(16)17/h2-8H,15H2,1H3,(H2,16,17). The Morgan fingerprint density at radius 1 is 1.05 bits per heavy atom. The van der Waals surface area contributed by atoms with Crippen molar-refractivity contribution in [1.29, 1.82) is 0 Å². The van der Waals surface area contributed by atoms with Crippen LogP contribution in [0.3, 0.4) is 0 Å². The number of benzene rings is 2. The van der Waals surface area contributed by atoms with E-state index in [1.807, 2.05) is 0 Å². The molecular formula is C14H14N2O2S. The van der Waals surface area contributed by atoms with Crippen LogP contribution < -0.4 is 11.5 Å². The van der Waals surface area contributed by atoms with Crippen molar-refractivity contribution in [3.63, 3.8) is 0 Å². The third-order valence-electron chi connectivity index (χ3n) is 2.86. The lowest BCUT2D eigenvalue weighted by Gasteiger charge is -2.12. The number of carbonyl (C=O) groups is 1. The van der Waals surface area contributed by atoms with E-state index in [0.717, 1.165) is 0 Å². The molecule has 5 heteroatoms. The summed E-state index contributed by atoms with van der Waals surface area (Å²) in [5.41, 5.74) is 13.5. The minimum Gasteiger partial charge on any atom is -0.397 e. The Morgan fingerprint density at radius 3 is 2.32 bits per heavy atom. The molecule has 0 bridgehead atoms. The summed E-state index contributed by atoms with van der Waals surface area (Å²) in [7, 11) is -1.18. The number of nitrogens with two attached hydrogens (primary N) is 2. The predicted molar refractivity (Wildman–Crippen MR) is 77.1 cm³/mol. The molecule has 0 spiro atoms. The molecular weight excluding hydrogens is 260 g/mol. The molecule has 2 rings (SSSR count). The fourth-order valence-corrected chi connectivity index (χ4v) is 2.65. The summed E-state index contributed by atoms with van der Waals surface area (Å²) in [6.07, 6.45) is 1.56. The molecule has 1 unspecified atom stereocenters. The average Bonchev–Trinajstić information content (AvgIpc) is 2.38. The summed E-state index contributed by atoms with van der Waals surface area (Å²) >= 11 is 0. The van der Waals surface area contributed by atoms with Crippen LogP contribution >= 0.6 is 0 Å². The zero-order valence-electron chi connectivity index (χ0n) is 10.4. The van der Waals surface area contributed by atoms with Crippen LogP contribution in [0, 0.1) is 0 Å². The highest BCUT2D eigenvalue weighted by Gasteiger charge is 2.14. The van der Waals surface area contributed by atoms with Crippen LogP contribution in [-0.2, 0) is 10.8 Å². The van der Waals surface area contributed by atoms with Crippen molar-refractivity contribution in [2.45, 2.75) is 4.90 Å². The van der Waals surface area contributed by atoms with Gasteiger partial charge in [-0.1, -0.05) is 30.3 Å². The van der Waals surface area contributed by atoms with E-state index in [4.69, 9.17) is 11.5 Å². The minimum absolute atomic E-state index is 0.397. The lowest BCUT2D eigenvalue weighted by Crippen LogP contribution is -2.12. The second-order valence-corrected chi connectivity index (χ2v) is 5.43. The summed E-state index contributed by atoms with van der Waals surface area (Å²) in [6.45, 7) is 0. The Hall–Kier alpha value is -2.14. The van der Waals surface area contributed by atoms with Crippen LogP contribution in [0.4, 0.5) is 5.69 Å². The van der Waals surface area contributed by atoms with E-state index >= 15 is 0 Å². The number of amides is 1. The van der Waals surface area contributed by atoms with E-state index in [-0.39, 0.29) is 0 Å². The van der Waals surface area contributed by atoms with Gasteiger partial charge in [-0.2, -0.15) is 0 Å². The van der Waals surface area contributed by atoms with Crippen molar-refractivity contribution in [2.75, 3.05) is 12.0 Å². The monoisotopic (exact) mass is 274 g/mol. The average molecular weight is 274 g/mol. The normalized spacial score (nSPS) is 12.1. The van der Waals surface area contributed by atoms with Crippen LogP contribution in [0.15, 0.2) is 47.4 Å². The quantitative estimate of drug-likeness (QED) is 0.836. The Balaban J connectivity index is 2.70. The smallest absolute Gasteiger partial charge is 0.249 e. The third kappa shape index (κ3) is 2.51. The van der Waals surface area contributed by atoms with Gasteiger partial charge in [0.25, 0.3) is 0 Å². The number of anilines is 1. The van der Waals surface area contributed by atoms with Gasteiger partial charge >= 0.3 is 0 Å². The molecule has 0 aliphatic rings. The second kappa shape index (κ2) is 5.24. The molecule has 4 N–H and O–H groups in total. The molecule has 0 aliphatic carbocycles. The Labute approximate surface area is 113 Å². The number of para-hydroxylation sites is 1. The maximum atomic E-state index is 11.6. The second-order valence-electron chi connectivity index (χ2n) is 4.08. The third-order valence-corrected chi connectivity index (χ3v) is 3.83. The van der Waals surface area contributed by atoms with E-state index in [9.17, 15) is 9.00 Å². The molecule has 4 nitrogen and oxygen atoms in total. The number of rotatable bonds is 3. The fraction of sp³-hybridized carbons (Fsp3) is 0.0714. The molecule has 0 fully saturated rings. The predicted octanol–water partition coefficient (Wildman–Crippen LogP) is 1.77. The molecule has 2 aromatic carbocycles. The van der Waals surface area contributed by atoms with Gasteiger partial charge in [0, 0.05) is 17.4 Å². The number of hydrogen-bond acceptors (Lipinski definition) is 3. The number of primary amides is 1. The minimum atomic E-state index is -1.18. The zero-order valence-corrected chi connectivity index (χ0v) is 11.2.